The largest absolute Gasteiger partial charge is 0.270 e. The average molecular weight is 215 g/mol. The highest BCUT2D eigenvalue weighted by Crippen LogP contribution is 2.17. The number of pyridine rings is 1. The molecule has 3 N–H and O–H groups in total. The van der Waals surface area contributed by atoms with E-state index in [-0.39, 0.29) is 6.04 Å². The third-order valence-electron chi connectivity index (χ3n) is 2.24. The van der Waals surface area contributed by atoms with Crippen molar-refractivity contribution in [3.05, 3.63) is 53.9 Å². The van der Waals surface area contributed by atoms with Crippen molar-refractivity contribution < 1.29 is 0 Å². The maximum Gasteiger partial charge on any atom is 0.150 e. The van der Waals surface area contributed by atoms with Crippen molar-refractivity contribution >= 4 is 0 Å². The quantitative estimate of drug-likeness (QED) is 0.583. The summed E-state index contributed by atoms with van der Waals surface area (Å²) in [7, 11) is 0. The number of nitrogens with one attached hydrogen (secondary N) is 1. The molecule has 0 aromatic carbocycles. The molecule has 0 saturated heterocycles. The van der Waals surface area contributed by atoms with Crippen LogP contribution in [0.15, 0.2) is 36.9 Å². The Morgan fingerprint density at radius 3 is 2.62 bits per heavy atom. The first-order valence-corrected chi connectivity index (χ1v) is 4.96. The second-order valence-corrected chi connectivity index (χ2v) is 3.50. The minimum atomic E-state index is -0.228. The lowest BCUT2D eigenvalue weighted by atomic mass is 10.1. The molecule has 0 spiro atoms. The van der Waals surface area contributed by atoms with E-state index in [1.807, 2.05) is 13.0 Å². The van der Waals surface area contributed by atoms with Gasteiger partial charge >= 0.3 is 0 Å². The molecule has 1 unspecified atom stereocenters. The predicted octanol–water partition coefficient (Wildman–Crippen LogP) is 0.733. The SMILES string of the molecule is Cc1cncc(C(NN)c2ncccn2)c1. The van der Waals surface area contributed by atoms with Gasteiger partial charge in [0.25, 0.3) is 0 Å². The summed E-state index contributed by atoms with van der Waals surface area (Å²) >= 11 is 0. The molecule has 0 radical (unpaired) electrons. The van der Waals surface area contributed by atoms with Gasteiger partial charge in [0.15, 0.2) is 5.82 Å². The molecule has 0 fully saturated rings. The summed E-state index contributed by atoms with van der Waals surface area (Å²) in [6, 6.07) is 3.55. The van der Waals surface area contributed by atoms with E-state index in [0.717, 1.165) is 11.1 Å². The number of hydrogen-bond donors (Lipinski definition) is 2. The molecule has 5 heteroatoms. The third kappa shape index (κ3) is 2.21. The van der Waals surface area contributed by atoms with Crippen LogP contribution < -0.4 is 11.3 Å². The van der Waals surface area contributed by atoms with Crippen LogP contribution in [0, 0.1) is 6.92 Å². The van der Waals surface area contributed by atoms with Crippen molar-refractivity contribution in [2.75, 3.05) is 0 Å². The van der Waals surface area contributed by atoms with Gasteiger partial charge in [-0.1, -0.05) is 6.07 Å². The van der Waals surface area contributed by atoms with Gasteiger partial charge < -0.3 is 0 Å². The number of hydrogen-bond acceptors (Lipinski definition) is 5. The monoisotopic (exact) mass is 215 g/mol. The average Bonchev–Trinajstić information content (AvgIpc) is 2.31. The fraction of sp³-hybridized carbons (Fsp3) is 0.182. The molecule has 82 valence electrons. The zero-order valence-electron chi connectivity index (χ0n) is 8.96. The number of aromatic nitrogens is 3. The van der Waals surface area contributed by atoms with Crippen molar-refractivity contribution in [1.82, 2.24) is 20.4 Å². The highest BCUT2D eigenvalue weighted by Gasteiger charge is 2.14. The van der Waals surface area contributed by atoms with E-state index >= 15 is 0 Å². The normalized spacial score (nSPS) is 12.4. The molecule has 0 saturated carbocycles. The summed E-state index contributed by atoms with van der Waals surface area (Å²) in [5.74, 6) is 6.17. The minimum absolute atomic E-state index is 0.228. The minimum Gasteiger partial charge on any atom is -0.270 e. The lowest BCUT2D eigenvalue weighted by Gasteiger charge is -2.14. The van der Waals surface area contributed by atoms with E-state index < -0.39 is 0 Å². The van der Waals surface area contributed by atoms with Crippen LogP contribution in [0.25, 0.3) is 0 Å². The van der Waals surface area contributed by atoms with E-state index in [1.165, 1.54) is 0 Å². The fourth-order valence-corrected chi connectivity index (χ4v) is 1.52. The fourth-order valence-electron chi connectivity index (χ4n) is 1.52. The van der Waals surface area contributed by atoms with Crippen molar-refractivity contribution in [3.8, 4) is 0 Å². The van der Waals surface area contributed by atoms with Crippen LogP contribution in [0.3, 0.4) is 0 Å². The summed E-state index contributed by atoms with van der Waals surface area (Å²) in [5, 5.41) is 0. The van der Waals surface area contributed by atoms with E-state index in [1.54, 1.807) is 30.9 Å². The Labute approximate surface area is 93.7 Å². The molecular weight excluding hydrogens is 202 g/mol. The Kier molecular flexibility index (Phi) is 3.19. The highest BCUT2D eigenvalue weighted by molar-refractivity contribution is 5.24. The number of rotatable bonds is 3. The topological polar surface area (TPSA) is 76.7 Å². The van der Waals surface area contributed by atoms with Crippen molar-refractivity contribution in [1.29, 1.82) is 0 Å². The molecule has 0 bridgehead atoms. The maximum atomic E-state index is 5.53. The van der Waals surface area contributed by atoms with Crippen LogP contribution in [0.5, 0.6) is 0 Å². The van der Waals surface area contributed by atoms with Gasteiger partial charge in [-0.3, -0.25) is 10.8 Å². The Morgan fingerprint density at radius 2 is 2.00 bits per heavy atom. The Bertz CT molecular complexity index is 457. The molecule has 0 aliphatic rings. The standard InChI is InChI=1S/C11H13N5/c1-8-5-9(7-13-6-8)10(16-12)11-14-3-2-4-15-11/h2-7,10,16H,12H2,1H3. The lowest BCUT2D eigenvalue weighted by Crippen LogP contribution is -2.30. The molecular formula is C11H13N5. The molecule has 0 amide bonds. The molecule has 5 nitrogen and oxygen atoms in total. The summed E-state index contributed by atoms with van der Waals surface area (Å²) in [5.41, 5.74) is 4.73. The molecule has 2 aromatic rings. The summed E-state index contributed by atoms with van der Waals surface area (Å²) in [6.07, 6.45) is 6.93. The zero-order valence-corrected chi connectivity index (χ0v) is 8.96. The van der Waals surface area contributed by atoms with Gasteiger partial charge in [0.1, 0.15) is 6.04 Å². The van der Waals surface area contributed by atoms with Crippen LogP contribution in [-0.2, 0) is 0 Å². The van der Waals surface area contributed by atoms with E-state index in [9.17, 15) is 0 Å². The second kappa shape index (κ2) is 4.78. The van der Waals surface area contributed by atoms with Crippen molar-refractivity contribution in [2.24, 2.45) is 5.84 Å². The summed E-state index contributed by atoms with van der Waals surface area (Å²) in [6.45, 7) is 1.98. The van der Waals surface area contributed by atoms with Gasteiger partial charge in [0.2, 0.25) is 0 Å². The summed E-state index contributed by atoms with van der Waals surface area (Å²) < 4.78 is 0. The van der Waals surface area contributed by atoms with Gasteiger partial charge in [-0.15, -0.1) is 0 Å². The van der Waals surface area contributed by atoms with Crippen LogP contribution >= 0.6 is 0 Å². The molecule has 1 atom stereocenters. The van der Waals surface area contributed by atoms with Crippen LogP contribution in [0.2, 0.25) is 0 Å². The molecule has 2 rings (SSSR count). The van der Waals surface area contributed by atoms with Gasteiger partial charge in [0.05, 0.1) is 0 Å². The first kappa shape index (κ1) is 10.7. The zero-order chi connectivity index (χ0) is 11.4. The van der Waals surface area contributed by atoms with E-state index in [2.05, 4.69) is 20.4 Å². The van der Waals surface area contributed by atoms with Gasteiger partial charge in [-0.05, 0) is 24.1 Å². The molecule has 0 aliphatic heterocycles. The van der Waals surface area contributed by atoms with Crippen LogP contribution in [-0.4, -0.2) is 15.0 Å². The third-order valence-corrected chi connectivity index (χ3v) is 2.24. The van der Waals surface area contributed by atoms with Gasteiger partial charge in [-0.2, -0.15) is 0 Å². The first-order chi connectivity index (χ1) is 7.81. The number of aryl methyl sites for hydroxylation is 1. The highest BCUT2D eigenvalue weighted by atomic mass is 15.2. The smallest absolute Gasteiger partial charge is 0.150 e. The number of nitrogens with two attached hydrogens (primary N) is 1. The molecule has 0 aliphatic carbocycles. The Balaban J connectivity index is 2.37. The molecule has 2 aromatic heterocycles. The van der Waals surface area contributed by atoms with Crippen molar-refractivity contribution in [3.63, 3.8) is 0 Å². The lowest BCUT2D eigenvalue weighted by molar-refractivity contribution is 0.599. The molecule has 16 heavy (non-hydrogen) atoms. The van der Waals surface area contributed by atoms with Crippen LogP contribution in [0.1, 0.15) is 23.0 Å². The van der Waals surface area contributed by atoms with E-state index in [4.69, 9.17) is 5.84 Å². The summed E-state index contributed by atoms with van der Waals surface area (Å²) in [4.78, 5) is 12.5. The number of nitrogens with zero attached hydrogens (tertiary/aromatic N) is 3. The maximum absolute atomic E-state index is 5.53. The van der Waals surface area contributed by atoms with Crippen molar-refractivity contribution in [2.45, 2.75) is 13.0 Å². The molecule has 2 heterocycles. The Morgan fingerprint density at radius 1 is 1.25 bits per heavy atom. The first-order valence-electron chi connectivity index (χ1n) is 4.96. The van der Waals surface area contributed by atoms with E-state index in [0.29, 0.717) is 5.82 Å². The Hall–Kier alpha value is -1.85. The second-order valence-electron chi connectivity index (χ2n) is 3.50. The van der Waals surface area contributed by atoms with Gasteiger partial charge in [0, 0.05) is 24.8 Å². The predicted molar refractivity (Wildman–Crippen MR) is 60.2 cm³/mol. The number of hydrazine groups is 1. The van der Waals surface area contributed by atoms with Crippen LogP contribution in [0.4, 0.5) is 0 Å². The van der Waals surface area contributed by atoms with Gasteiger partial charge in [-0.25, -0.2) is 15.4 Å².